The predicted octanol–water partition coefficient (Wildman–Crippen LogP) is 3.01. The highest BCUT2D eigenvalue weighted by atomic mass is 19.1. The van der Waals surface area contributed by atoms with E-state index in [-0.39, 0.29) is 11.9 Å². The Morgan fingerprint density at radius 2 is 1.95 bits per heavy atom. The molecule has 1 aliphatic heterocycles. The lowest BCUT2D eigenvalue weighted by atomic mass is 10.0. The second kappa shape index (κ2) is 5.55. The van der Waals surface area contributed by atoms with Gasteiger partial charge in [-0.2, -0.15) is 5.26 Å². The van der Waals surface area contributed by atoms with Crippen LogP contribution < -0.4 is 4.90 Å². The third-order valence-corrected chi connectivity index (χ3v) is 3.84. The summed E-state index contributed by atoms with van der Waals surface area (Å²) in [4.78, 5) is 2.06. The molecule has 0 saturated carbocycles. The van der Waals surface area contributed by atoms with Crippen LogP contribution in [-0.2, 0) is 0 Å². The smallest absolute Gasteiger partial charge is 0.123 e. The van der Waals surface area contributed by atoms with Crippen molar-refractivity contribution in [3.05, 3.63) is 65.5 Å². The zero-order valence-corrected chi connectivity index (χ0v) is 11.4. The Labute approximate surface area is 122 Å². The molecule has 0 bridgehead atoms. The summed E-state index contributed by atoms with van der Waals surface area (Å²) in [5, 5.41) is 18.8. The van der Waals surface area contributed by atoms with E-state index in [1.54, 1.807) is 18.2 Å². The molecule has 4 heteroatoms. The Hall–Kier alpha value is -2.38. The third kappa shape index (κ3) is 2.74. The predicted molar refractivity (Wildman–Crippen MR) is 78.3 cm³/mol. The van der Waals surface area contributed by atoms with Gasteiger partial charge in [0.1, 0.15) is 5.82 Å². The number of hydrogen-bond acceptors (Lipinski definition) is 3. The Morgan fingerprint density at radius 3 is 2.62 bits per heavy atom. The topological polar surface area (TPSA) is 47.3 Å². The molecule has 1 aliphatic rings. The van der Waals surface area contributed by atoms with Crippen LogP contribution in [0, 0.1) is 17.1 Å². The first-order valence-electron chi connectivity index (χ1n) is 6.87. The van der Waals surface area contributed by atoms with Gasteiger partial charge < -0.3 is 10.0 Å². The molecule has 2 atom stereocenters. The fraction of sp³-hybridized carbons (Fsp3) is 0.235. The number of benzene rings is 2. The molecule has 1 saturated heterocycles. The average Bonchev–Trinajstić information content (AvgIpc) is 2.89. The molecule has 3 nitrogen and oxygen atoms in total. The van der Waals surface area contributed by atoms with Crippen molar-refractivity contribution in [3.63, 3.8) is 0 Å². The number of anilines is 1. The maximum absolute atomic E-state index is 13.4. The van der Waals surface area contributed by atoms with E-state index in [0.29, 0.717) is 18.5 Å². The van der Waals surface area contributed by atoms with Crippen molar-refractivity contribution in [1.29, 1.82) is 5.26 Å². The first-order chi connectivity index (χ1) is 10.2. The average molecular weight is 282 g/mol. The van der Waals surface area contributed by atoms with Crippen molar-refractivity contribution < 1.29 is 9.50 Å². The Morgan fingerprint density at radius 1 is 1.19 bits per heavy atom. The summed E-state index contributed by atoms with van der Waals surface area (Å²) < 4.78 is 13.4. The van der Waals surface area contributed by atoms with E-state index in [1.165, 1.54) is 12.1 Å². The van der Waals surface area contributed by atoms with Crippen molar-refractivity contribution >= 4 is 5.69 Å². The lowest BCUT2D eigenvalue weighted by molar-refractivity contribution is 0.194. The second-order valence-corrected chi connectivity index (χ2v) is 5.27. The van der Waals surface area contributed by atoms with Gasteiger partial charge in [0, 0.05) is 12.2 Å². The van der Waals surface area contributed by atoms with Gasteiger partial charge in [0.05, 0.1) is 23.8 Å². The van der Waals surface area contributed by atoms with E-state index in [0.717, 1.165) is 11.3 Å². The van der Waals surface area contributed by atoms with E-state index in [2.05, 4.69) is 11.0 Å². The molecule has 0 amide bonds. The van der Waals surface area contributed by atoms with E-state index in [1.807, 2.05) is 18.2 Å². The third-order valence-electron chi connectivity index (χ3n) is 3.84. The molecule has 21 heavy (non-hydrogen) atoms. The molecule has 0 aliphatic carbocycles. The highest BCUT2D eigenvalue weighted by molar-refractivity contribution is 5.53. The standard InChI is InChI=1S/C17H15FN2O/c18-14-3-1-2-13(8-14)17-9-16(21)11-20(17)15-6-4-12(10-19)5-7-15/h1-8,16-17,21H,9,11H2/t16-,17+/m0/s1. The summed E-state index contributed by atoms with van der Waals surface area (Å²) in [6.45, 7) is 0.507. The van der Waals surface area contributed by atoms with E-state index < -0.39 is 6.10 Å². The van der Waals surface area contributed by atoms with Crippen molar-refractivity contribution in [3.8, 4) is 6.07 Å². The van der Waals surface area contributed by atoms with Crippen molar-refractivity contribution in [2.75, 3.05) is 11.4 Å². The van der Waals surface area contributed by atoms with Crippen LogP contribution >= 0.6 is 0 Å². The monoisotopic (exact) mass is 282 g/mol. The number of aliphatic hydroxyl groups is 1. The number of nitrogens with zero attached hydrogens (tertiary/aromatic N) is 2. The van der Waals surface area contributed by atoms with Gasteiger partial charge in [0.2, 0.25) is 0 Å². The molecule has 1 N–H and O–H groups in total. The molecule has 3 rings (SSSR count). The Kier molecular flexibility index (Phi) is 3.59. The molecular formula is C17H15FN2O. The highest BCUT2D eigenvalue weighted by Crippen LogP contribution is 2.36. The van der Waals surface area contributed by atoms with Gasteiger partial charge in [0.25, 0.3) is 0 Å². The van der Waals surface area contributed by atoms with Gasteiger partial charge in [-0.05, 0) is 48.4 Å². The van der Waals surface area contributed by atoms with Crippen LogP contribution in [0.5, 0.6) is 0 Å². The normalized spacial score (nSPS) is 21.3. The zero-order chi connectivity index (χ0) is 14.8. The van der Waals surface area contributed by atoms with Crippen LogP contribution in [0.2, 0.25) is 0 Å². The fourth-order valence-corrected chi connectivity index (χ4v) is 2.86. The molecule has 0 unspecified atom stereocenters. The van der Waals surface area contributed by atoms with E-state index in [4.69, 9.17) is 5.26 Å². The number of aliphatic hydroxyl groups excluding tert-OH is 1. The SMILES string of the molecule is N#Cc1ccc(N2C[C@@H](O)C[C@@H]2c2cccc(F)c2)cc1. The van der Waals surface area contributed by atoms with Crippen molar-refractivity contribution in [1.82, 2.24) is 0 Å². The van der Waals surface area contributed by atoms with E-state index >= 15 is 0 Å². The summed E-state index contributed by atoms with van der Waals surface area (Å²) in [5.74, 6) is -0.270. The molecule has 2 aromatic rings. The summed E-state index contributed by atoms with van der Waals surface area (Å²) in [7, 11) is 0. The highest BCUT2D eigenvalue weighted by Gasteiger charge is 2.32. The molecule has 0 radical (unpaired) electrons. The zero-order valence-electron chi connectivity index (χ0n) is 11.4. The molecule has 1 fully saturated rings. The fourth-order valence-electron chi connectivity index (χ4n) is 2.86. The van der Waals surface area contributed by atoms with Gasteiger partial charge in [-0.3, -0.25) is 0 Å². The lowest BCUT2D eigenvalue weighted by Gasteiger charge is -2.27. The number of β-amino-alcohol motifs (C(OH)–C–C–N with tert-alkyl or cyclic N) is 1. The minimum absolute atomic E-state index is 0.0522. The van der Waals surface area contributed by atoms with Crippen molar-refractivity contribution in [2.45, 2.75) is 18.6 Å². The van der Waals surface area contributed by atoms with Crippen LogP contribution in [0.3, 0.4) is 0 Å². The number of rotatable bonds is 2. The lowest BCUT2D eigenvalue weighted by Crippen LogP contribution is -2.24. The van der Waals surface area contributed by atoms with E-state index in [9.17, 15) is 9.50 Å². The van der Waals surface area contributed by atoms with Gasteiger partial charge >= 0.3 is 0 Å². The van der Waals surface area contributed by atoms with Crippen LogP contribution in [0.15, 0.2) is 48.5 Å². The molecule has 0 spiro atoms. The summed E-state index contributed by atoms with van der Waals surface area (Å²) in [6, 6.07) is 15.8. The molecule has 2 aromatic carbocycles. The minimum Gasteiger partial charge on any atom is -0.391 e. The van der Waals surface area contributed by atoms with Gasteiger partial charge in [-0.25, -0.2) is 4.39 Å². The van der Waals surface area contributed by atoms with Crippen LogP contribution in [0.4, 0.5) is 10.1 Å². The maximum atomic E-state index is 13.4. The van der Waals surface area contributed by atoms with Gasteiger partial charge in [-0.1, -0.05) is 12.1 Å². The van der Waals surface area contributed by atoms with Crippen LogP contribution in [0.25, 0.3) is 0 Å². The summed E-state index contributed by atoms with van der Waals surface area (Å²) >= 11 is 0. The first kappa shape index (κ1) is 13.6. The first-order valence-corrected chi connectivity index (χ1v) is 6.87. The van der Waals surface area contributed by atoms with Gasteiger partial charge in [-0.15, -0.1) is 0 Å². The van der Waals surface area contributed by atoms with Gasteiger partial charge in [0.15, 0.2) is 0 Å². The number of hydrogen-bond donors (Lipinski definition) is 1. The Balaban J connectivity index is 1.93. The second-order valence-electron chi connectivity index (χ2n) is 5.27. The summed E-state index contributed by atoms with van der Waals surface area (Å²) in [6.07, 6.45) is 0.137. The molecular weight excluding hydrogens is 267 g/mol. The molecule has 0 aromatic heterocycles. The van der Waals surface area contributed by atoms with Crippen LogP contribution in [0.1, 0.15) is 23.6 Å². The molecule has 1 heterocycles. The minimum atomic E-state index is -0.436. The summed E-state index contributed by atoms with van der Waals surface area (Å²) in [5.41, 5.74) is 2.39. The van der Waals surface area contributed by atoms with Crippen LogP contribution in [-0.4, -0.2) is 17.8 Å². The van der Waals surface area contributed by atoms with Crippen molar-refractivity contribution in [2.24, 2.45) is 0 Å². The molecule has 106 valence electrons. The number of halogens is 1. The largest absolute Gasteiger partial charge is 0.391 e. The Bertz CT molecular complexity index is 678. The quantitative estimate of drug-likeness (QED) is 0.921. The number of nitriles is 1. The maximum Gasteiger partial charge on any atom is 0.123 e.